The maximum Gasteiger partial charge on any atom is 0.340 e. The Morgan fingerprint density at radius 3 is 2.54 bits per heavy atom. The summed E-state index contributed by atoms with van der Waals surface area (Å²) in [6.07, 6.45) is 3.13. The van der Waals surface area contributed by atoms with E-state index in [2.05, 4.69) is 36.0 Å². The van der Waals surface area contributed by atoms with Gasteiger partial charge >= 0.3 is 5.69 Å². The minimum absolute atomic E-state index is 0.00785. The first-order valence-electron chi connectivity index (χ1n) is 4.77. The molecule has 4 nitrogen and oxygen atoms in total. The molecule has 0 spiro atoms. The minimum atomic E-state index is -0.217. The van der Waals surface area contributed by atoms with Crippen LogP contribution >= 0.6 is 0 Å². The molecule has 1 atom stereocenters. The molecule has 0 aliphatic heterocycles. The van der Waals surface area contributed by atoms with Crippen LogP contribution in [0.25, 0.3) is 0 Å². The van der Waals surface area contributed by atoms with E-state index in [1.165, 1.54) is 0 Å². The highest BCUT2D eigenvalue weighted by Crippen LogP contribution is 2.28. The monoisotopic (exact) mass is 183 g/mol. The third kappa shape index (κ3) is 1.99. The molecule has 0 aliphatic rings. The van der Waals surface area contributed by atoms with E-state index in [-0.39, 0.29) is 11.1 Å². The fourth-order valence-electron chi connectivity index (χ4n) is 1.57. The number of nitrogens with one attached hydrogen (secondary N) is 2. The lowest BCUT2D eigenvalue weighted by atomic mass is 9.82. The third-order valence-corrected chi connectivity index (χ3v) is 2.65. The normalized spacial score (nSPS) is 15.6. The molecule has 0 radical (unpaired) electrons. The number of hydrogen-bond acceptors (Lipinski definition) is 2. The Balaban J connectivity index is 2.94. The van der Waals surface area contributed by atoms with Gasteiger partial charge < -0.3 is 0 Å². The second-order valence-electron chi connectivity index (χ2n) is 3.69. The maximum atomic E-state index is 10.9. The molecular weight excluding hydrogens is 166 g/mol. The van der Waals surface area contributed by atoms with Crippen molar-refractivity contribution in [1.29, 1.82) is 0 Å². The molecule has 0 aromatic carbocycles. The molecule has 0 fully saturated rings. The van der Waals surface area contributed by atoms with Crippen molar-refractivity contribution >= 4 is 0 Å². The van der Waals surface area contributed by atoms with Gasteiger partial charge in [-0.3, -0.25) is 4.98 Å². The highest BCUT2D eigenvalue weighted by molar-refractivity contribution is 5.02. The van der Waals surface area contributed by atoms with Crippen LogP contribution in [0.1, 0.15) is 45.9 Å². The zero-order chi connectivity index (χ0) is 9.90. The molecule has 1 heterocycles. The molecule has 1 unspecified atom stereocenters. The number of aromatic nitrogens is 3. The van der Waals surface area contributed by atoms with Gasteiger partial charge in [0.1, 0.15) is 5.82 Å². The zero-order valence-corrected chi connectivity index (χ0v) is 8.48. The summed E-state index contributed by atoms with van der Waals surface area (Å²) in [6.45, 7) is 6.38. The van der Waals surface area contributed by atoms with Crippen molar-refractivity contribution in [3.8, 4) is 0 Å². The van der Waals surface area contributed by atoms with E-state index >= 15 is 0 Å². The zero-order valence-electron chi connectivity index (χ0n) is 8.48. The lowest BCUT2D eigenvalue weighted by Crippen LogP contribution is -2.23. The van der Waals surface area contributed by atoms with Crippen LogP contribution in [0, 0.1) is 0 Å². The average molecular weight is 183 g/mol. The van der Waals surface area contributed by atoms with E-state index in [1.807, 2.05) is 0 Å². The molecule has 0 saturated heterocycles. The SMILES string of the molecule is CCCC(C)(CC)c1n[nH]c(=O)[nH]1. The Kier molecular flexibility index (Phi) is 2.90. The van der Waals surface area contributed by atoms with Gasteiger partial charge in [0, 0.05) is 5.41 Å². The standard InChI is InChI=1S/C9H17N3O/c1-4-6-9(3,5-2)7-10-8(13)12-11-7/h4-6H2,1-3H3,(H2,10,11,12,13). The molecule has 13 heavy (non-hydrogen) atoms. The molecule has 1 aromatic heterocycles. The predicted molar refractivity (Wildman–Crippen MR) is 51.8 cm³/mol. The third-order valence-electron chi connectivity index (χ3n) is 2.65. The van der Waals surface area contributed by atoms with Crippen LogP contribution in [0.3, 0.4) is 0 Å². The van der Waals surface area contributed by atoms with E-state index in [0.29, 0.717) is 0 Å². The number of aromatic amines is 2. The smallest absolute Gasteiger partial charge is 0.292 e. The average Bonchev–Trinajstić information content (AvgIpc) is 2.52. The molecule has 4 heteroatoms. The van der Waals surface area contributed by atoms with Crippen molar-refractivity contribution in [2.45, 2.75) is 45.4 Å². The molecule has 1 rings (SSSR count). The van der Waals surface area contributed by atoms with Gasteiger partial charge in [0.05, 0.1) is 0 Å². The van der Waals surface area contributed by atoms with Crippen LogP contribution < -0.4 is 5.69 Å². The molecular formula is C9H17N3O. The summed E-state index contributed by atoms with van der Waals surface area (Å²) in [7, 11) is 0. The van der Waals surface area contributed by atoms with Gasteiger partial charge in [-0.15, -0.1) is 0 Å². The Bertz CT molecular complexity index is 315. The number of nitrogens with zero attached hydrogens (tertiary/aromatic N) is 1. The summed E-state index contributed by atoms with van der Waals surface area (Å²) in [5, 5.41) is 6.39. The van der Waals surface area contributed by atoms with Crippen LogP contribution in [0.4, 0.5) is 0 Å². The van der Waals surface area contributed by atoms with Crippen molar-refractivity contribution in [2.75, 3.05) is 0 Å². The van der Waals surface area contributed by atoms with E-state index in [9.17, 15) is 4.79 Å². The highest BCUT2D eigenvalue weighted by Gasteiger charge is 2.26. The van der Waals surface area contributed by atoms with Crippen LogP contribution in [0.5, 0.6) is 0 Å². The van der Waals surface area contributed by atoms with Gasteiger partial charge in [-0.2, -0.15) is 5.10 Å². The van der Waals surface area contributed by atoms with Crippen LogP contribution in [0.15, 0.2) is 4.79 Å². The molecule has 1 aromatic rings. The largest absolute Gasteiger partial charge is 0.340 e. The summed E-state index contributed by atoms with van der Waals surface area (Å²) in [4.78, 5) is 13.6. The Morgan fingerprint density at radius 1 is 1.46 bits per heavy atom. The first-order chi connectivity index (χ1) is 6.12. The predicted octanol–water partition coefficient (Wildman–Crippen LogP) is 1.57. The van der Waals surface area contributed by atoms with Crippen LogP contribution in [-0.4, -0.2) is 15.2 Å². The maximum absolute atomic E-state index is 10.9. The molecule has 2 N–H and O–H groups in total. The van der Waals surface area contributed by atoms with Crippen molar-refractivity contribution in [2.24, 2.45) is 0 Å². The first kappa shape index (κ1) is 10.0. The Hall–Kier alpha value is -1.06. The van der Waals surface area contributed by atoms with Gasteiger partial charge in [-0.25, -0.2) is 9.89 Å². The van der Waals surface area contributed by atoms with E-state index in [0.717, 1.165) is 25.1 Å². The van der Waals surface area contributed by atoms with Crippen molar-refractivity contribution in [3.05, 3.63) is 16.3 Å². The van der Waals surface area contributed by atoms with Gasteiger partial charge in [0.2, 0.25) is 0 Å². The summed E-state index contributed by atoms with van der Waals surface area (Å²) in [5.74, 6) is 0.779. The lowest BCUT2D eigenvalue weighted by molar-refractivity contribution is 0.391. The van der Waals surface area contributed by atoms with Gasteiger partial charge in [0.25, 0.3) is 0 Å². The first-order valence-corrected chi connectivity index (χ1v) is 4.77. The van der Waals surface area contributed by atoms with Crippen molar-refractivity contribution in [3.63, 3.8) is 0 Å². The van der Waals surface area contributed by atoms with Gasteiger partial charge in [-0.05, 0) is 12.8 Å². The van der Waals surface area contributed by atoms with E-state index in [4.69, 9.17) is 0 Å². The number of H-pyrrole nitrogens is 2. The Labute approximate surface area is 77.8 Å². The molecule has 0 bridgehead atoms. The highest BCUT2D eigenvalue weighted by atomic mass is 16.1. The summed E-state index contributed by atoms with van der Waals surface area (Å²) < 4.78 is 0. The quantitative estimate of drug-likeness (QED) is 0.744. The van der Waals surface area contributed by atoms with Gasteiger partial charge in [0.15, 0.2) is 0 Å². The van der Waals surface area contributed by atoms with Crippen molar-refractivity contribution < 1.29 is 0 Å². The molecule has 0 amide bonds. The fourth-order valence-corrected chi connectivity index (χ4v) is 1.57. The second kappa shape index (κ2) is 3.77. The van der Waals surface area contributed by atoms with Gasteiger partial charge in [-0.1, -0.05) is 27.2 Å². The molecule has 74 valence electrons. The van der Waals surface area contributed by atoms with E-state index < -0.39 is 0 Å². The Morgan fingerprint density at radius 2 is 2.15 bits per heavy atom. The topological polar surface area (TPSA) is 61.5 Å². The molecule has 0 saturated carbocycles. The second-order valence-corrected chi connectivity index (χ2v) is 3.69. The lowest BCUT2D eigenvalue weighted by Gasteiger charge is -2.24. The fraction of sp³-hybridized carbons (Fsp3) is 0.778. The van der Waals surface area contributed by atoms with Crippen LogP contribution in [0.2, 0.25) is 0 Å². The van der Waals surface area contributed by atoms with E-state index in [1.54, 1.807) is 0 Å². The summed E-state index contributed by atoms with van der Waals surface area (Å²) >= 11 is 0. The van der Waals surface area contributed by atoms with Crippen LogP contribution in [-0.2, 0) is 5.41 Å². The summed E-state index contributed by atoms with van der Waals surface area (Å²) in [5.41, 5.74) is -0.209. The minimum Gasteiger partial charge on any atom is -0.292 e. The molecule has 0 aliphatic carbocycles. The van der Waals surface area contributed by atoms with Crippen molar-refractivity contribution in [1.82, 2.24) is 15.2 Å². The summed E-state index contributed by atoms with van der Waals surface area (Å²) in [6, 6.07) is 0. The number of hydrogen-bond donors (Lipinski definition) is 2. The number of rotatable bonds is 4.